The normalized spacial score (nSPS) is 11.8. The van der Waals surface area contributed by atoms with E-state index in [-0.39, 0.29) is 11.5 Å². The summed E-state index contributed by atoms with van der Waals surface area (Å²) in [5.74, 6) is -0.543. The van der Waals surface area contributed by atoms with Gasteiger partial charge in [0.2, 0.25) is 20.0 Å². The number of nitrogens with one attached hydrogen (secondary N) is 1. The molecule has 0 aliphatic heterocycles. The van der Waals surface area contributed by atoms with Crippen LogP contribution in [0, 0.1) is 6.92 Å². The summed E-state index contributed by atoms with van der Waals surface area (Å²) in [6.07, 6.45) is 1.06. The van der Waals surface area contributed by atoms with Crippen molar-refractivity contribution in [2.24, 2.45) is 5.14 Å². The van der Waals surface area contributed by atoms with Crippen LogP contribution in [0.1, 0.15) is 23.0 Å². The Labute approximate surface area is 232 Å². The van der Waals surface area contributed by atoms with E-state index < -0.39 is 26.0 Å². The number of carbonyl (C=O) groups excluding carboxylic acids is 1. The number of rotatable bonds is 8. The van der Waals surface area contributed by atoms with Gasteiger partial charge in [0.25, 0.3) is 0 Å². The number of sulfonamides is 2. The molecular formula is C27H26ClN3O6S2. The topological polar surface area (TPSA) is 138 Å². The molecule has 12 heteroatoms. The maximum Gasteiger partial charge on any atom is 0.340 e. The number of primary sulfonamides is 1. The lowest BCUT2D eigenvalue weighted by Gasteiger charge is -2.15. The average molecular weight is 588 g/mol. The van der Waals surface area contributed by atoms with Crippen molar-refractivity contribution in [1.29, 1.82) is 0 Å². The van der Waals surface area contributed by atoms with Gasteiger partial charge < -0.3 is 9.30 Å². The number of halogens is 1. The van der Waals surface area contributed by atoms with Crippen molar-refractivity contribution in [3.63, 3.8) is 0 Å². The van der Waals surface area contributed by atoms with E-state index in [4.69, 9.17) is 21.5 Å². The van der Waals surface area contributed by atoms with Gasteiger partial charge in [-0.1, -0.05) is 35.9 Å². The maximum absolute atomic E-state index is 13.3. The monoisotopic (exact) mass is 587 g/mol. The molecule has 39 heavy (non-hydrogen) atoms. The molecule has 204 valence electrons. The molecule has 3 N–H and O–H groups in total. The first-order valence-corrected chi connectivity index (χ1v) is 15.5. The molecule has 0 amide bonds. The quantitative estimate of drug-likeness (QED) is 0.279. The van der Waals surface area contributed by atoms with Crippen LogP contribution in [0.3, 0.4) is 0 Å². The van der Waals surface area contributed by atoms with Gasteiger partial charge in [-0.2, -0.15) is 0 Å². The van der Waals surface area contributed by atoms with Crippen molar-refractivity contribution in [2.45, 2.75) is 18.7 Å². The number of hydrogen-bond acceptors (Lipinski definition) is 6. The molecule has 9 nitrogen and oxygen atoms in total. The standard InChI is InChI=1S/C27H26ClN3O6S2/c1-4-37-27(32)24-17(2)31(22-13-15-23(16-14-22)39(29,35)36)26(19-5-9-20(28)10-6-19)25(24)18-7-11-21(12-8-18)30-38(3,33)34/h5-16,30H,4H2,1-3H3,(H2,29,35,36). The number of nitrogens with zero attached hydrogens (tertiary/aromatic N) is 1. The fraction of sp³-hybridized carbons (Fsp3) is 0.148. The van der Waals surface area contributed by atoms with Gasteiger partial charge in [0.05, 0.1) is 29.0 Å². The van der Waals surface area contributed by atoms with Crippen molar-refractivity contribution < 1.29 is 26.4 Å². The highest BCUT2D eigenvalue weighted by Crippen LogP contribution is 2.42. The van der Waals surface area contributed by atoms with Gasteiger partial charge >= 0.3 is 5.97 Å². The van der Waals surface area contributed by atoms with Crippen LogP contribution < -0.4 is 9.86 Å². The number of anilines is 1. The van der Waals surface area contributed by atoms with Gasteiger partial charge in [0.1, 0.15) is 0 Å². The van der Waals surface area contributed by atoms with Crippen LogP contribution in [0.4, 0.5) is 5.69 Å². The Hall–Kier alpha value is -3.64. The van der Waals surface area contributed by atoms with Crippen molar-refractivity contribution >= 4 is 43.3 Å². The zero-order valence-corrected chi connectivity index (χ0v) is 23.7. The Balaban J connectivity index is 2.05. The van der Waals surface area contributed by atoms with Gasteiger partial charge in [-0.15, -0.1) is 0 Å². The average Bonchev–Trinajstić information content (AvgIpc) is 3.16. The van der Waals surface area contributed by atoms with Crippen LogP contribution in [-0.2, 0) is 24.8 Å². The third kappa shape index (κ3) is 6.17. The largest absolute Gasteiger partial charge is 0.462 e. The predicted octanol–water partition coefficient (Wildman–Crippen LogP) is 4.97. The van der Waals surface area contributed by atoms with E-state index in [1.54, 1.807) is 62.4 Å². The summed E-state index contributed by atoms with van der Waals surface area (Å²) < 4.78 is 56.8. The molecule has 0 aliphatic carbocycles. The summed E-state index contributed by atoms with van der Waals surface area (Å²) in [6, 6.07) is 19.7. The molecule has 0 fully saturated rings. The molecular weight excluding hydrogens is 562 g/mol. The van der Waals surface area contributed by atoms with Gasteiger partial charge in [-0.25, -0.2) is 26.8 Å². The van der Waals surface area contributed by atoms with E-state index in [9.17, 15) is 21.6 Å². The summed E-state index contributed by atoms with van der Waals surface area (Å²) in [6.45, 7) is 3.63. The lowest BCUT2D eigenvalue weighted by atomic mass is 9.96. The van der Waals surface area contributed by atoms with Crippen LogP contribution in [0.5, 0.6) is 0 Å². The SMILES string of the molecule is CCOC(=O)c1c(-c2ccc(NS(C)(=O)=O)cc2)c(-c2ccc(Cl)cc2)n(-c2ccc(S(N)(=O)=O)cc2)c1C. The minimum atomic E-state index is -3.91. The molecule has 0 unspecified atom stereocenters. The third-order valence-corrected chi connectivity index (χ3v) is 7.69. The first-order chi connectivity index (χ1) is 18.3. The zero-order chi connectivity index (χ0) is 28.5. The second-order valence-electron chi connectivity index (χ2n) is 8.74. The highest BCUT2D eigenvalue weighted by Gasteiger charge is 2.29. The van der Waals surface area contributed by atoms with Gasteiger partial charge in [0.15, 0.2) is 0 Å². The first-order valence-electron chi connectivity index (χ1n) is 11.7. The molecule has 4 rings (SSSR count). The molecule has 0 bridgehead atoms. The molecule has 0 atom stereocenters. The molecule has 1 heterocycles. The zero-order valence-electron chi connectivity index (χ0n) is 21.3. The van der Waals surface area contributed by atoms with Crippen molar-refractivity contribution in [3.05, 3.63) is 89.1 Å². The lowest BCUT2D eigenvalue weighted by molar-refractivity contribution is 0.0526. The van der Waals surface area contributed by atoms with Crippen molar-refractivity contribution in [2.75, 3.05) is 17.6 Å². The number of benzene rings is 3. The summed E-state index contributed by atoms with van der Waals surface area (Å²) in [5, 5.41) is 5.81. The van der Waals surface area contributed by atoms with Crippen LogP contribution in [0.25, 0.3) is 28.1 Å². The molecule has 3 aromatic carbocycles. The van der Waals surface area contributed by atoms with E-state index in [1.807, 2.05) is 16.7 Å². The van der Waals surface area contributed by atoms with E-state index in [1.165, 1.54) is 12.1 Å². The molecule has 0 saturated carbocycles. The Kier molecular flexibility index (Phi) is 7.89. The fourth-order valence-electron chi connectivity index (χ4n) is 4.33. The van der Waals surface area contributed by atoms with Crippen LogP contribution >= 0.6 is 11.6 Å². The number of aromatic nitrogens is 1. The number of nitrogens with two attached hydrogens (primary N) is 1. The number of hydrogen-bond donors (Lipinski definition) is 2. The second kappa shape index (κ2) is 10.9. The second-order valence-corrected chi connectivity index (χ2v) is 12.5. The molecule has 4 aromatic rings. The molecule has 0 aliphatic rings. The van der Waals surface area contributed by atoms with Crippen molar-refractivity contribution in [3.8, 4) is 28.1 Å². The minimum absolute atomic E-state index is 0.0519. The fourth-order valence-corrected chi connectivity index (χ4v) is 5.54. The van der Waals surface area contributed by atoms with Crippen molar-refractivity contribution in [1.82, 2.24) is 4.57 Å². The Morgan fingerprint density at radius 3 is 2.00 bits per heavy atom. The predicted molar refractivity (Wildman–Crippen MR) is 152 cm³/mol. The Morgan fingerprint density at radius 1 is 0.923 bits per heavy atom. The van der Waals surface area contributed by atoms with E-state index in [2.05, 4.69) is 4.72 Å². The molecule has 0 saturated heterocycles. The Morgan fingerprint density at radius 2 is 1.49 bits per heavy atom. The maximum atomic E-state index is 13.3. The lowest BCUT2D eigenvalue weighted by Crippen LogP contribution is -2.12. The summed E-state index contributed by atoms with van der Waals surface area (Å²) in [5.41, 5.74) is 4.33. The van der Waals surface area contributed by atoms with Crippen LogP contribution in [0.15, 0.2) is 77.7 Å². The smallest absolute Gasteiger partial charge is 0.340 e. The number of carbonyl (C=O) groups is 1. The van der Waals surface area contributed by atoms with E-state index in [0.717, 1.165) is 11.8 Å². The van der Waals surface area contributed by atoms with Gasteiger partial charge in [-0.05, 0) is 73.5 Å². The third-order valence-electron chi connectivity index (χ3n) is 5.91. The van der Waals surface area contributed by atoms with E-state index in [0.29, 0.717) is 44.5 Å². The summed E-state index contributed by atoms with van der Waals surface area (Å²) >= 11 is 6.17. The number of esters is 1. The summed E-state index contributed by atoms with van der Waals surface area (Å²) in [7, 11) is -7.39. The minimum Gasteiger partial charge on any atom is -0.462 e. The van der Waals surface area contributed by atoms with Gasteiger partial charge in [-0.3, -0.25) is 4.72 Å². The van der Waals surface area contributed by atoms with Gasteiger partial charge in [0, 0.05) is 27.7 Å². The molecule has 1 aromatic heterocycles. The highest BCUT2D eigenvalue weighted by molar-refractivity contribution is 7.92. The van der Waals surface area contributed by atoms with Crippen LogP contribution in [-0.4, -0.2) is 40.2 Å². The first kappa shape index (κ1) is 28.4. The highest BCUT2D eigenvalue weighted by atomic mass is 35.5. The van der Waals surface area contributed by atoms with E-state index >= 15 is 0 Å². The summed E-state index contributed by atoms with van der Waals surface area (Å²) in [4.78, 5) is 13.3. The molecule has 0 spiro atoms. The van der Waals surface area contributed by atoms with Crippen LogP contribution in [0.2, 0.25) is 5.02 Å². The number of ether oxygens (including phenoxy) is 1. The Bertz CT molecular complexity index is 1750. The molecule has 0 radical (unpaired) electrons.